The van der Waals surface area contributed by atoms with Gasteiger partial charge in [-0.25, -0.2) is 9.97 Å². The first-order valence-electron chi connectivity index (χ1n) is 8.18. The molecule has 0 N–H and O–H groups in total. The van der Waals surface area contributed by atoms with Crippen LogP contribution in [0.3, 0.4) is 0 Å². The van der Waals surface area contributed by atoms with Gasteiger partial charge in [0, 0.05) is 18.5 Å². The molecule has 0 bridgehead atoms. The number of likely N-dealkylation sites (tertiary alicyclic amines) is 1. The molecular weight excluding hydrogens is 324 g/mol. The zero-order valence-corrected chi connectivity index (χ0v) is 14.6. The van der Waals surface area contributed by atoms with Crippen molar-refractivity contribution in [2.45, 2.75) is 45.8 Å². The van der Waals surface area contributed by atoms with Crippen LogP contribution in [0.2, 0.25) is 0 Å². The number of nitrogens with zero attached hydrogens (tertiary/aromatic N) is 4. The van der Waals surface area contributed by atoms with Gasteiger partial charge in [-0.3, -0.25) is 9.59 Å². The largest absolute Gasteiger partial charge is 0.451 e. The Balaban J connectivity index is 1.75. The van der Waals surface area contributed by atoms with E-state index in [0.717, 1.165) is 0 Å². The first-order valence-corrected chi connectivity index (χ1v) is 8.18. The molecule has 2 aromatic rings. The van der Waals surface area contributed by atoms with Crippen molar-refractivity contribution in [1.82, 2.24) is 19.8 Å². The van der Waals surface area contributed by atoms with E-state index in [1.807, 2.05) is 20.8 Å². The monoisotopic (exact) mass is 346 g/mol. The Labute approximate surface area is 145 Å². The lowest BCUT2D eigenvalue weighted by Gasteiger charge is -2.32. The fraction of sp³-hybridized carbons (Fsp3) is 0.529. The van der Waals surface area contributed by atoms with Crippen molar-refractivity contribution in [3.8, 4) is 0 Å². The summed E-state index contributed by atoms with van der Waals surface area (Å²) in [6.45, 7) is 6.93. The number of oxazole rings is 2. The summed E-state index contributed by atoms with van der Waals surface area (Å²) in [5.74, 6) is -0.453. The Bertz CT molecular complexity index is 682. The molecule has 1 aliphatic heterocycles. The van der Waals surface area contributed by atoms with Crippen molar-refractivity contribution in [2.24, 2.45) is 5.92 Å². The standard InChI is InChI=1S/C17H22N4O4/c1-17(2,3)21-5-12(4-15(21)22)16(23)20(6-13-8-24-10-18-13)7-14-9-25-11-19-14/h8-12H,4-7H2,1-3H3/t12-/m0/s1. The lowest BCUT2D eigenvalue weighted by Crippen LogP contribution is -2.43. The molecule has 0 unspecified atom stereocenters. The first-order chi connectivity index (χ1) is 11.8. The van der Waals surface area contributed by atoms with Gasteiger partial charge in [0.05, 0.1) is 30.4 Å². The van der Waals surface area contributed by atoms with Gasteiger partial charge in [-0.2, -0.15) is 0 Å². The van der Waals surface area contributed by atoms with Crippen LogP contribution in [0.1, 0.15) is 38.6 Å². The molecule has 1 aliphatic rings. The van der Waals surface area contributed by atoms with Gasteiger partial charge in [-0.1, -0.05) is 0 Å². The van der Waals surface area contributed by atoms with Gasteiger partial charge < -0.3 is 18.6 Å². The van der Waals surface area contributed by atoms with E-state index in [1.54, 1.807) is 9.80 Å². The smallest absolute Gasteiger partial charge is 0.228 e. The molecule has 1 atom stereocenters. The van der Waals surface area contributed by atoms with Gasteiger partial charge in [0.25, 0.3) is 0 Å². The third kappa shape index (κ3) is 3.89. The molecule has 8 heteroatoms. The minimum atomic E-state index is -0.370. The fourth-order valence-corrected chi connectivity index (χ4v) is 3.01. The van der Waals surface area contributed by atoms with E-state index in [4.69, 9.17) is 8.83 Å². The number of carbonyl (C=O) groups excluding carboxylic acids is 2. The van der Waals surface area contributed by atoms with Crippen LogP contribution >= 0.6 is 0 Å². The lowest BCUT2D eigenvalue weighted by atomic mass is 10.1. The second-order valence-corrected chi connectivity index (χ2v) is 7.23. The third-order valence-electron chi connectivity index (χ3n) is 4.27. The van der Waals surface area contributed by atoms with Crippen LogP contribution in [-0.2, 0) is 22.7 Å². The summed E-state index contributed by atoms with van der Waals surface area (Å²) in [4.78, 5) is 36.9. The Hall–Kier alpha value is -2.64. The van der Waals surface area contributed by atoms with Crippen molar-refractivity contribution in [2.75, 3.05) is 6.54 Å². The minimum Gasteiger partial charge on any atom is -0.451 e. The highest BCUT2D eigenvalue weighted by Crippen LogP contribution is 2.27. The van der Waals surface area contributed by atoms with Gasteiger partial charge in [0.2, 0.25) is 11.8 Å². The molecule has 0 aliphatic carbocycles. The molecule has 2 amide bonds. The summed E-state index contributed by atoms with van der Waals surface area (Å²) in [6.07, 6.45) is 5.89. The second-order valence-electron chi connectivity index (χ2n) is 7.23. The fourth-order valence-electron chi connectivity index (χ4n) is 3.01. The van der Waals surface area contributed by atoms with Crippen molar-refractivity contribution in [3.05, 3.63) is 36.7 Å². The zero-order valence-electron chi connectivity index (χ0n) is 14.6. The highest BCUT2D eigenvalue weighted by molar-refractivity contribution is 5.89. The van der Waals surface area contributed by atoms with Crippen molar-refractivity contribution < 1.29 is 18.4 Å². The molecule has 1 saturated heterocycles. The Morgan fingerprint density at radius 2 is 1.76 bits per heavy atom. The van der Waals surface area contributed by atoms with Crippen LogP contribution in [0.5, 0.6) is 0 Å². The molecule has 0 radical (unpaired) electrons. The van der Waals surface area contributed by atoms with Gasteiger partial charge in [0.15, 0.2) is 12.8 Å². The molecule has 3 heterocycles. The van der Waals surface area contributed by atoms with E-state index in [9.17, 15) is 9.59 Å². The molecule has 0 aromatic carbocycles. The second kappa shape index (κ2) is 6.70. The van der Waals surface area contributed by atoms with Gasteiger partial charge >= 0.3 is 0 Å². The van der Waals surface area contributed by atoms with Crippen LogP contribution in [0.25, 0.3) is 0 Å². The van der Waals surface area contributed by atoms with Gasteiger partial charge in [-0.15, -0.1) is 0 Å². The predicted molar refractivity (Wildman–Crippen MR) is 86.8 cm³/mol. The number of hydrogen-bond donors (Lipinski definition) is 0. The summed E-state index contributed by atoms with van der Waals surface area (Å²) in [5.41, 5.74) is 0.998. The average Bonchev–Trinajstić information content (AvgIpc) is 3.26. The quantitative estimate of drug-likeness (QED) is 0.820. The maximum absolute atomic E-state index is 13.0. The molecule has 0 saturated carbocycles. The lowest BCUT2D eigenvalue weighted by molar-refractivity contribution is -0.137. The summed E-state index contributed by atoms with van der Waals surface area (Å²) in [7, 11) is 0. The van der Waals surface area contributed by atoms with Gasteiger partial charge in [0.1, 0.15) is 12.5 Å². The number of hydrogen-bond acceptors (Lipinski definition) is 6. The molecule has 3 rings (SSSR count). The van der Waals surface area contributed by atoms with E-state index < -0.39 is 0 Å². The molecule has 134 valence electrons. The van der Waals surface area contributed by atoms with Crippen LogP contribution in [0.15, 0.2) is 34.1 Å². The number of aromatic nitrogens is 2. The first kappa shape index (κ1) is 17.2. The maximum atomic E-state index is 13.0. The van der Waals surface area contributed by atoms with E-state index in [-0.39, 0.29) is 29.7 Å². The highest BCUT2D eigenvalue weighted by Gasteiger charge is 2.41. The highest BCUT2D eigenvalue weighted by atomic mass is 16.3. The van der Waals surface area contributed by atoms with E-state index >= 15 is 0 Å². The average molecular weight is 346 g/mol. The maximum Gasteiger partial charge on any atom is 0.228 e. The van der Waals surface area contributed by atoms with Crippen LogP contribution < -0.4 is 0 Å². The molecule has 2 aromatic heterocycles. The predicted octanol–water partition coefficient (Wildman–Crippen LogP) is 1.84. The van der Waals surface area contributed by atoms with Crippen LogP contribution in [0, 0.1) is 5.92 Å². The van der Waals surface area contributed by atoms with E-state index in [0.29, 0.717) is 31.0 Å². The summed E-state index contributed by atoms with van der Waals surface area (Å²) in [6, 6.07) is 0. The Morgan fingerprint density at radius 3 is 2.16 bits per heavy atom. The van der Waals surface area contributed by atoms with Gasteiger partial charge in [-0.05, 0) is 20.8 Å². The number of amides is 2. The summed E-state index contributed by atoms with van der Waals surface area (Å²) in [5, 5.41) is 0. The SMILES string of the molecule is CC(C)(C)N1C[C@@H](C(=O)N(Cc2cocn2)Cc2cocn2)CC1=O. The van der Waals surface area contributed by atoms with E-state index in [1.165, 1.54) is 25.3 Å². The number of rotatable bonds is 5. The van der Waals surface area contributed by atoms with E-state index in [2.05, 4.69) is 9.97 Å². The summed E-state index contributed by atoms with van der Waals surface area (Å²) >= 11 is 0. The topological polar surface area (TPSA) is 92.7 Å². The Morgan fingerprint density at radius 1 is 1.20 bits per heavy atom. The summed E-state index contributed by atoms with van der Waals surface area (Å²) < 4.78 is 9.98. The molecule has 25 heavy (non-hydrogen) atoms. The molecule has 0 spiro atoms. The van der Waals surface area contributed by atoms with Crippen LogP contribution in [-0.4, -0.2) is 43.7 Å². The minimum absolute atomic E-state index is 0.00803. The third-order valence-corrected chi connectivity index (χ3v) is 4.27. The number of carbonyl (C=O) groups is 2. The van der Waals surface area contributed by atoms with Crippen LogP contribution in [0.4, 0.5) is 0 Å². The zero-order chi connectivity index (χ0) is 18.0. The Kier molecular flexibility index (Phi) is 4.61. The molecule has 8 nitrogen and oxygen atoms in total. The van der Waals surface area contributed by atoms with Crippen molar-refractivity contribution in [1.29, 1.82) is 0 Å². The normalized spacial score (nSPS) is 18.0. The van der Waals surface area contributed by atoms with Crippen molar-refractivity contribution >= 4 is 11.8 Å². The van der Waals surface area contributed by atoms with Crippen molar-refractivity contribution in [3.63, 3.8) is 0 Å². The molecular formula is C17H22N4O4. The molecule has 1 fully saturated rings.